The molecule has 0 aliphatic carbocycles. The number of carboxylic acids is 1. The third kappa shape index (κ3) is 5.98. The third-order valence-corrected chi connectivity index (χ3v) is 4.85. The topological polar surface area (TPSA) is 131 Å². The van der Waals surface area contributed by atoms with E-state index < -0.39 is 12.1 Å². The number of aromatic nitrogens is 3. The zero-order valence-electron chi connectivity index (χ0n) is 16.4. The predicted octanol–water partition coefficient (Wildman–Crippen LogP) is 1.49. The number of carbonyl (C=O) groups excluding carboxylic acids is 1. The summed E-state index contributed by atoms with van der Waals surface area (Å²) in [6.45, 7) is 4.68. The Morgan fingerprint density at radius 1 is 1.32 bits per heavy atom. The summed E-state index contributed by atoms with van der Waals surface area (Å²) < 4.78 is 42.7. The van der Waals surface area contributed by atoms with Crippen LogP contribution in [0.15, 0.2) is 29.2 Å². The Bertz CT molecular complexity index is 907. The standard InChI is InChI=1S/C16H19N5O3.C2HF3O2/c1-10-4-11(20-24-10)6-21-7-12-13(9-23-14(12)8-21)16(22)19-15-5-17-2-3-18-15;3-2(4,5)1(6)7/h2-5,12-14H,6-9H2,1H3,(H,18,19,22);(H,6,7)/t12-,13+,14-;/m1./s1. The fourth-order valence-electron chi connectivity index (χ4n) is 3.50. The average molecular weight is 443 g/mol. The Morgan fingerprint density at radius 2 is 2.06 bits per heavy atom. The van der Waals surface area contributed by atoms with Crippen LogP contribution in [0.1, 0.15) is 11.5 Å². The van der Waals surface area contributed by atoms with Crippen molar-refractivity contribution in [3.8, 4) is 0 Å². The molecule has 4 heterocycles. The van der Waals surface area contributed by atoms with E-state index >= 15 is 0 Å². The summed E-state index contributed by atoms with van der Waals surface area (Å²) in [7, 11) is 0. The first-order valence-electron chi connectivity index (χ1n) is 9.26. The first kappa shape index (κ1) is 22.6. The van der Waals surface area contributed by atoms with Crippen LogP contribution < -0.4 is 5.32 Å². The monoisotopic (exact) mass is 443 g/mol. The van der Waals surface area contributed by atoms with Crippen LogP contribution >= 0.6 is 0 Å². The number of ether oxygens (including phenoxy) is 1. The minimum Gasteiger partial charge on any atom is -0.475 e. The molecule has 0 unspecified atom stereocenters. The van der Waals surface area contributed by atoms with Crippen molar-refractivity contribution in [2.24, 2.45) is 11.8 Å². The van der Waals surface area contributed by atoms with Gasteiger partial charge in [0.05, 0.1) is 30.5 Å². The second-order valence-electron chi connectivity index (χ2n) is 7.15. The number of rotatable bonds is 4. The molecule has 2 fully saturated rings. The van der Waals surface area contributed by atoms with E-state index in [1.54, 1.807) is 18.6 Å². The maximum absolute atomic E-state index is 12.5. The van der Waals surface area contributed by atoms with Gasteiger partial charge in [-0.2, -0.15) is 13.2 Å². The fraction of sp³-hybridized carbons (Fsp3) is 0.500. The van der Waals surface area contributed by atoms with Crippen molar-refractivity contribution in [1.29, 1.82) is 0 Å². The van der Waals surface area contributed by atoms with Crippen molar-refractivity contribution >= 4 is 17.7 Å². The van der Waals surface area contributed by atoms with E-state index in [1.165, 1.54) is 0 Å². The van der Waals surface area contributed by atoms with Crippen molar-refractivity contribution < 1.29 is 37.1 Å². The molecule has 0 aromatic carbocycles. The lowest BCUT2D eigenvalue weighted by Gasteiger charge is -2.18. The number of carboxylic acid groups (broad SMARTS) is 1. The smallest absolute Gasteiger partial charge is 0.475 e. The molecule has 10 nitrogen and oxygen atoms in total. The van der Waals surface area contributed by atoms with E-state index in [4.69, 9.17) is 19.2 Å². The van der Waals surface area contributed by atoms with Crippen LogP contribution in [0.4, 0.5) is 19.0 Å². The highest BCUT2D eigenvalue weighted by Gasteiger charge is 2.47. The highest BCUT2D eigenvalue weighted by Crippen LogP contribution is 2.34. The molecule has 31 heavy (non-hydrogen) atoms. The van der Waals surface area contributed by atoms with Crippen LogP contribution in [0.5, 0.6) is 0 Å². The molecule has 2 saturated heterocycles. The number of likely N-dealkylation sites (tertiary alicyclic amines) is 1. The number of aryl methyl sites for hydroxylation is 1. The summed E-state index contributed by atoms with van der Waals surface area (Å²) in [4.78, 5) is 31.7. The van der Waals surface area contributed by atoms with Crippen molar-refractivity contribution in [3.05, 3.63) is 36.1 Å². The van der Waals surface area contributed by atoms with Crippen molar-refractivity contribution in [2.75, 3.05) is 25.0 Å². The molecule has 2 aromatic heterocycles. The lowest BCUT2D eigenvalue weighted by atomic mass is 9.92. The van der Waals surface area contributed by atoms with E-state index in [0.717, 1.165) is 24.5 Å². The fourth-order valence-corrected chi connectivity index (χ4v) is 3.50. The van der Waals surface area contributed by atoms with E-state index in [9.17, 15) is 18.0 Å². The van der Waals surface area contributed by atoms with Crippen LogP contribution in [0, 0.1) is 18.8 Å². The second-order valence-corrected chi connectivity index (χ2v) is 7.15. The number of alkyl halides is 3. The number of anilines is 1. The van der Waals surface area contributed by atoms with Crippen LogP contribution in [0.25, 0.3) is 0 Å². The summed E-state index contributed by atoms with van der Waals surface area (Å²) in [6, 6.07) is 1.94. The zero-order chi connectivity index (χ0) is 22.6. The first-order chi connectivity index (χ1) is 14.6. The first-order valence-corrected chi connectivity index (χ1v) is 9.26. The molecular weight excluding hydrogens is 423 g/mol. The van der Waals surface area contributed by atoms with Crippen molar-refractivity contribution in [2.45, 2.75) is 25.7 Å². The molecule has 2 aliphatic rings. The van der Waals surface area contributed by atoms with E-state index in [0.29, 0.717) is 19.0 Å². The molecule has 2 aromatic rings. The number of aliphatic carboxylic acids is 1. The van der Waals surface area contributed by atoms with Crippen LogP contribution in [0.2, 0.25) is 0 Å². The lowest BCUT2D eigenvalue weighted by molar-refractivity contribution is -0.192. The van der Waals surface area contributed by atoms with Crippen LogP contribution in [-0.2, 0) is 20.9 Å². The van der Waals surface area contributed by atoms with Gasteiger partial charge in [-0.15, -0.1) is 0 Å². The van der Waals surface area contributed by atoms with E-state index in [-0.39, 0.29) is 23.8 Å². The molecule has 2 aliphatic heterocycles. The molecule has 168 valence electrons. The van der Waals surface area contributed by atoms with Gasteiger partial charge < -0.3 is 19.7 Å². The van der Waals surface area contributed by atoms with Gasteiger partial charge in [-0.25, -0.2) is 9.78 Å². The lowest BCUT2D eigenvalue weighted by Crippen LogP contribution is -2.32. The summed E-state index contributed by atoms with van der Waals surface area (Å²) >= 11 is 0. The average Bonchev–Trinajstić information content (AvgIpc) is 3.38. The number of hydrogen-bond donors (Lipinski definition) is 2. The minimum absolute atomic E-state index is 0.0536. The predicted molar refractivity (Wildman–Crippen MR) is 97.6 cm³/mol. The number of halogens is 3. The Hall–Kier alpha value is -3.06. The highest BCUT2D eigenvalue weighted by molar-refractivity contribution is 5.92. The van der Waals surface area contributed by atoms with Gasteiger partial charge in [0.1, 0.15) is 5.76 Å². The summed E-state index contributed by atoms with van der Waals surface area (Å²) in [5, 5.41) is 14.0. The quantitative estimate of drug-likeness (QED) is 0.722. The summed E-state index contributed by atoms with van der Waals surface area (Å²) in [5.74, 6) is -1.51. The van der Waals surface area contributed by atoms with Gasteiger partial charge in [0.15, 0.2) is 5.82 Å². The van der Waals surface area contributed by atoms with Gasteiger partial charge >= 0.3 is 12.1 Å². The Balaban J connectivity index is 0.000000339. The van der Waals surface area contributed by atoms with Gasteiger partial charge in [-0.3, -0.25) is 14.7 Å². The Morgan fingerprint density at radius 3 is 2.65 bits per heavy atom. The number of fused-ring (bicyclic) bond motifs is 1. The van der Waals surface area contributed by atoms with E-state index in [2.05, 4.69) is 25.3 Å². The largest absolute Gasteiger partial charge is 0.490 e. The SMILES string of the molecule is Cc1cc(CN2C[C@@H]3[C@@H](C(=O)Nc4cnccn4)CO[C@@H]3C2)no1.O=C(O)C(F)(F)F. The number of nitrogens with zero attached hydrogens (tertiary/aromatic N) is 4. The summed E-state index contributed by atoms with van der Waals surface area (Å²) in [5.41, 5.74) is 0.910. The zero-order valence-corrected chi connectivity index (χ0v) is 16.4. The highest BCUT2D eigenvalue weighted by atomic mass is 19.4. The molecule has 1 amide bonds. The maximum atomic E-state index is 12.5. The number of carbonyl (C=O) groups is 2. The Labute approximate surface area is 174 Å². The minimum atomic E-state index is -5.08. The van der Waals surface area contributed by atoms with Crippen molar-refractivity contribution in [1.82, 2.24) is 20.0 Å². The number of nitrogens with one attached hydrogen (secondary N) is 1. The molecule has 0 bridgehead atoms. The molecule has 4 rings (SSSR count). The van der Waals surface area contributed by atoms with Gasteiger partial charge in [0.2, 0.25) is 5.91 Å². The molecule has 0 spiro atoms. The molecule has 0 saturated carbocycles. The van der Waals surface area contributed by atoms with Crippen LogP contribution in [-0.4, -0.2) is 69.0 Å². The second kappa shape index (κ2) is 9.39. The molecule has 0 radical (unpaired) electrons. The number of amides is 1. The maximum Gasteiger partial charge on any atom is 0.490 e. The third-order valence-electron chi connectivity index (χ3n) is 4.85. The van der Waals surface area contributed by atoms with E-state index in [1.807, 2.05) is 13.0 Å². The Kier molecular flexibility index (Phi) is 6.85. The summed E-state index contributed by atoms with van der Waals surface area (Å²) in [6.07, 6.45) is -0.319. The van der Waals surface area contributed by atoms with Crippen LogP contribution in [0.3, 0.4) is 0 Å². The molecule has 3 atom stereocenters. The van der Waals surface area contributed by atoms with Gasteiger partial charge in [0, 0.05) is 44.0 Å². The molecular formula is C18H20F3N5O5. The normalized spacial score (nSPS) is 23.0. The van der Waals surface area contributed by atoms with Gasteiger partial charge in [-0.05, 0) is 6.92 Å². The van der Waals surface area contributed by atoms with Crippen molar-refractivity contribution in [3.63, 3.8) is 0 Å². The van der Waals surface area contributed by atoms with Gasteiger partial charge in [0.25, 0.3) is 0 Å². The van der Waals surface area contributed by atoms with Gasteiger partial charge in [-0.1, -0.05) is 5.16 Å². The molecule has 2 N–H and O–H groups in total. The number of hydrogen-bond acceptors (Lipinski definition) is 8. The molecule has 13 heteroatoms.